The van der Waals surface area contributed by atoms with E-state index in [0.717, 1.165) is 24.3 Å². The van der Waals surface area contributed by atoms with E-state index < -0.39 is 0 Å². The van der Waals surface area contributed by atoms with Gasteiger partial charge >= 0.3 is 0 Å². The first kappa shape index (κ1) is 13.0. The van der Waals surface area contributed by atoms with Crippen molar-refractivity contribution in [2.45, 2.75) is 59.3 Å². The molecule has 1 fully saturated rings. The fraction of sp³-hybridized carbons (Fsp3) is 1.00. The molecular weight excluding hydrogens is 182 g/mol. The minimum Gasteiger partial charge on any atom is -0.317 e. The standard InChI is InChI=1S/C14H29N/c1-4-12(3)14-10-8-6-7-9-13(14)11-15-5-2/h12-15H,4-11H2,1-3H3. The van der Waals surface area contributed by atoms with E-state index in [0.29, 0.717) is 0 Å². The van der Waals surface area contributed by atoms with E-state index >= 15 is 0 Å². The summed E-state index contributed by atoms with van der Waals surface area (Å²) in [5.74, 6) is 2.85. The Labute approximate surface area is 96.0 Å². The van der Waals surface area contributed by atoms with Crippen LogP contribution in [-0.4, -0.2) is 13.1 Å². The van der Waals surface area contributed by atoms with E-state index in [1.165, 1.54) is 45.1 Å². The van der Waals surface area contributed by atoms with Gasteiger partial charge in [-0.1, -0.05) is 46.5 Å². The summed E-state index contributed by atoms with van der Waals surface area (Å²) in [6, 6.07) is 0. The molecule has 0 radical (unpaired) electrons. The zero-order chi connectivity index (χ0) is 11.1. The largest absolute Gasteiger partial charge is 0.317 e. The number of nitrogens with one attached hydrogen (secondary N) is 1. The van der Waals surface area contributed by atoms with Crippen molar-refractivity contribution in [3.05, 3.63) is 0 Å². The molecule has 1 saturated carbocycles. The minimum absolute atomic E-state index is 0.923. The Balaban J connectivity index is 2.50. The minimum atomic E-state index is 0.923. The van der Waals surface area contributed by atoms with E-state index in [1.807, 2.05) is 0 Å². The van der Waals surface area contributed by atoms with Crippen LogP contribution < -0.4 is 5.32 Å². The SMILES string of the molecule is CCNCC1CCCCCC1C(C)CC. The summed E-state index contributed by atoms with van der Waals surface area (Å²) in [5.41, 5.74) is 0. The highest BCUT2D eigenvalue weighted by Gasteiger charge is 2.26. The van der Waals surface area contributed by atoms with E-state index in [1.54, 1.807) is 0 Å². The van der Waals surface area contributed by atoms with Crippen molar-refractivity contribution in [1.29, 1.82) is 0 Å². The first-order valence-electron chi connectivity index (χ1n) is 7.00. The van der Waals surface area contributed by atoms with Gasteiger partial charge in [0.05, 0.1) is 0 Å². The second kappa shape index (κ2) is 7.27. The van der Waals surface area contributed by atoms with Crippen LogP contribution in [0.1, 0.15) is 59.3 Å². The lowest BCUT2D eigenvalue weighted by molar-refractivity contribution is 0.215. The molecule has 1 N–H and O–H groups in total. The van der Waals surface area contributed by atoms with E-state index in [9.17, 15) is 0 Å². The Bertz CT molecular complexity index is 155. The van der Waals surface area contributed by atoms with Crippen LogP contribution in [0.5, 0.6) is 0 Å². The molecule has 15 heavy (non-hydrogen) atoms. The van der Waals surface area contributed by atoms with Crippen molar-refractivity contribution >= 4 is 0 Å². The Morgan fingerprint density at radius 3 is 2.53 bits per heavy atom. The van der Waals surface area contributed by atoms with Crippen LogP contribution in [0.15, 0.2) is 0 Å². The van der Waals surface area contributed by atoms with Gasteiger partial charge in [0.25, 0.3) is 0 Å². The number of rotatable bonds is 5. The number of hydrogen-bond acceptors (Lipinski definition) is 1. The predicted octanol–water partition coefficient (Wildman–Crippen LogP) is 3.84. The second-order valence-corrected chi connectivity index (χ2v) is 5.26. The summed E-state index contributed by atoms with van der Waals surface area (Å²) in [7, 11) is 0. The molecule has 1 aliphatic carbocycles. The van der Waals surface area contributed by atoms with Crippen LogP contribution in [0.3, 0.4) is 0 Å². The van der Waals surface area contributed by atoms with Crippen LogP contribution in [0.2, 0.25) is 0 Å². The Morgan fingerprint density at radius 1 is 1.13 bits per heavy atom. The van der Waals surface area contributed by atoms with Gasteiger partial charge in [0.15, 0.2) is 0 Å². The van der Waals surface area contributed by atoms with Crippen LogP contribution >= 0.6 is 0 Å². The summed E-state index contributed by atoms with van der Waals surface area (Å²) in [5, 5.41) is 3.55. The molecular formula is C14H29N. The van der Waals surface area contributed by atoms with Gasteiger partial charge in [-0.25, -0.2) is 0 Å². The van der Waals surface area contributed by atoms with E-state index in [2.05, 4.69) is 26.1 Å². The molecule has 0 spiro atoms. The normalized spacial score (nSPS) is 29.8. The molecule has 1 nitrogen and oxygen atoms in total. The van der Waals surface area contributed by atoms with Gasteiger partial charge in [-0.05, 0) is 43.7 Å². The highest BCUT2D eigenvalue weighted by molar-refractivity contribution is 4.78. The third kappa shape index (κ3) is 4.14. The van der Waals surface area contributed by atoms with Crippen molar-refractivity contribution in [3.8, 4) is 0 Å². The van der Waals surface area contributed by atoms with Gasteiger partial charge in [-0.15, -0.1) is 0 Å². The Hall–Kier alpha value is -0.0400. The first-order valence-corrected chi connectivity index (χ1v) is 7.00. The van der Waals surface area contributed by atoms with Gasteiger partial charge in [0.2, 0.25) is 0 Å². The van der Waals surface area contributed by atoms with Gasteiger partial charge < -0.3 is 5.32 Å². The third-order valence-electron chi connectivity index (χ3n) is 4.25. The van der Waals surface area contributed by atoms with Crippen molar-refractivity contribution in [1.82, 2.24) is 5.32 Å². The maximum atomic E-state index is 3.55. The summed E-state index contributed by atoms with van der Waals surface area (Å²) in [6.07, 6.45) is 8.69. The van der Waals surface area contributed by atoms with Crippen molar-refractivity contribution < 1.29 is 0 Å². The molecule has 1 rings (SSSR count). The molecule has 0 heterocycles. The lowest BCUT2D eigenvalue weighted by Gasteiger charge is -2.30. The van der Waals surface area contributed by atoms with Crippen molar-refractivity contribution in [3.63, 3.8) is 0 Å². The average Bonchev–Trinajstić information content (AvgIpc) is 2.50. The lowest BCUT2D eigenvalue weighted by atomic mass is 9.78. The molecule has 3 atom stereocenters. The topological polar surface area (TPSA) is 12.0 Å². The van der Waals surface area contributed by atoms with E-state index in [-0.39, 0.29) is 0 Å². The quantitative estimate of drug-likeness (QED) is 0.681. The molecule has 3 unspecified atom stereocenters. The molecule has 1 aliphatic rings. The molecule has 0 aliphatic heterocycles. The smallest absolute Gasteiger partial charge is 0.00179 e. The summed E-state index contributed by atoms with van der Waals surface area (Å²) < 4.78 is 0. The second-order valence-electron chi connectivity index (χ2n) is 5.26. The van der Waals surface area contributed by atoms with Crippen LogP contribution in [0, 0.1) is 17.8 Å². The predicted molar refractivity (Wildman–Crippen MR) is 68.1 cm³/mol. The summed E-state index contributed by atoms with van der Waals surface area (Å²) >= 11 is 0. The third-order valence-corrected chi connectivity index (χ3v) is 4.25. The molecule has 0 aromatic rings. The van der Waals surface area contributed by atoms with E-state index in [4.69, 9.17) is 0 Å². The van der Waals surface area contributed by atoms with Crippen LogP contribution in [-0.2, 0) is 0 Å². The van der Waals surface area contributed by atoms with Gasteiger partial charge in [0.1, 0.15) is 0 Å². The number of hydrogen-bond donors (Lipinski definition) is 1. The highest BCUT2D eigenvalue weighted by Crippen LogP contribution is 2.34. The highest BCUT2D eigenvalue weighted by atomic mass is 14.8. The molecule has 0 bridgehead atoms. The maximum Gasteiger partial charge on any atom is -0.00179 e. The van der Waals surface area contributed by atoms with Gasteiger partial charge in [-0.2, -0.15) is 0 Å². The maximum absolute atomic E-state index is 3.55. The Morgan fingerprint density at radius 2 is 1.87 bits per heavy atom. The molecule has 0 aromatic heterocycles. The average molecular weight is 211 g/mol. The first-order chi connectivity index (χ1) is 7.29. The molecule has 1 heteroatoms. The van der Waals surface area contributed by atoms with Crippen molar-refractivity contribution in [2.75, 3.05) is 13.1 Å². The molecule has 0 amide bonds. The molecule has 0 saturated heterocycles. The van der Waals surface area contributed by atoms with Gasteiger partial charge in [-0.3, -0.25) is 0 Å². The zero-order valence-corrected chi connectivity index (χ0v) is 10.9. The monoisotopic (exact) mass is 211 g/mol. The van der Waals surface area contributed by atoms with Crippen LogP contribution in [0.25, 0.3) is 0 Å². The summed E-state index contributed by atoms with van der Waals surface area (Å²) in [6.45, 7) is 9.40. The Kier molecular flexibility index (Phi) is 6.31. The van der Waals surface area contributed by atoms with Crippen molar-refractivity contribution in [2.24, 2.45) is 17.8 Å². The molecule has 90 valence electrons. The molecule has 0 aromatic carbocycles. The fourth-order valence-corrected chi connectivity index (χ4v) is 3.05. The van der Waals surface area contributed by atoms with Gasteiger partial charge in [0, 0.05) is 0 Å². The fourth-order valence-electron chi connectivity index (χ4n) is 3.05. The lowest BCUT2D eigenvalue weighted by Crippen LogP contribution is -2.30. The van der Waals surface area contributed by atoms with Crippen LogP contribution in [0.4, 0.5) is 0 Å². The zero-order valence-electron chi connectivity index (χ0n) is 10.9. The summed E-state index contributed by atoms with van der Waals surface area (Å²) in [4.78, 5) is 0.